The van der Waals surface area contributed by atoms with Gasteiger partial charge >= 0.3 is 0 Å². The van der Waals surface area contributed by atoms with Gasteiger partial charge in [-0.25, -0.2) is 9.97 Å². The molecule has 4 nitrogen and oxygen atoms in total. The number of aryl methyl sites for hydroxylation is 1. The van der Waals surface area contributed by atoms with E-state index in [9.17, 15) is 0 Å². The highest BCUT2D eigenvalue weighted by Gasteiger charge is 2.22. The fourth-order valence-electron chi connectivity index (χ4n) is 3.32. The largest absolute Gasteiger partial charge is 0.355 e. The second-order valence-corrected chi connectivity index (χ2v) is 5.66. The monoisotopic (exact) mass is 260 g/mol. The molecule has 0 bridgehead atoms. The number of aromatic nitrogens is 2. The zero-order chi connectivity index (χ0) is 13.1. The molecule has 104 valence electrons. The van der Waals surface area contributed by atoms with E-state index in [1.165, 1.54) is 49.3 Å². The molecule has 0 spiro atoms. The molecule has 2 heterocycles. The second kappa shape index (κ2) is 5.87. The van der Waals surface area contributed by atoms with E-state index in [0.717, 1.165) is 25.9 Å². The number of anilines is 1. The van der Waals surface area contributed by atoms with Crippen molar-refractivity contribution in [3.8, 4) is 0 Å². The van der Waals surface area contributed by atoms with Crippen LogP contribution in [0.5, 0.6) is 0 Å². The zero-order valence-electron chi connectivity index (χ0n) is 11.9. The van der Waals surface area contributed by atoms with Crippen molar-refractivity contribution in [2.24, 2.45) is 0 Å². The molecule has 0 saturated carbocycles. The van der Waals surface area contributed by atoms with Crippen LogP contribution >= 0.6 is 0 Å². The lowest BCUT2D eigenvalue weighted by Gasteiger charge is -2.29. The first kappa shape index (κ1) is 12.9. The van der Waals surface area contributed by atoms with Crippen LogP contribution in [0.3, 0.4) is 0 Å². The van der Waals surface area contributed by atoms with E-state index in [-0.39, 0.29) is 0 Å². The average Bonchev–Trinajstić information content (AvgIpc) is 2.97. The molecule has 3 rings (SSSR count). The molecular formula is C15H24N4. The number of rotatable bonds is 4. The summed E-state index contributed by atoms with van der Waals surface area (Å²) in [5, 5.41) is 3.59. The van der Waals surface area contributed by atoms with Crippen LogP contribution in [-0.4, -0.2) is 35.6 Å². The van der Waals surface area contributed by atoms with Crippen molar-refractivity contribution in [1.29, 1.82) is 0 Å². The molecule has 1 aromatic heterocycles. The molecule has 2 aliphatic rings. The van der Waals surface area contributed by atoms with Crippen molar-refractivity contribution in [2.75, 3.05) is 24.5 Å². The summed E-state index contributed by atoms with van der Waals surface area (Å²) in [5.41, 5.74) is 2.70. The topological polar surface area (TPSA) is 41.0 Å². The third kappa shape index (κ3) is 2.73. The van der Waals surface area contributed by atoms with Crippen LogP contribution in [0, 0.1) is 0 Å². The fourth-order valence-corrected chi connectivity index (χ4v) is 3.32. The summed E-state index contributed by atoms with van der Waals surface area (Å²) in [7, 11) is 0. The molecule has 1 atom stereocenters. The highest BCUT2D eigenvalue weighted by Crippen LogP contribution is 2.27. The molecule has 0 amide bonds. The summed E-state index contributed by atoms with van der Waals surface area (Å²) < 4.78 is 0. The first-order chi connectivity index (χ1) is 9.38. The molecule has 1 aliphatic carbocycles. The quantitative estimate of drug-likeness (QED) is 0.898. The zero-order valence-corrected chi connectivity index (χ0v) is 11.9. The molecule has 1 fully saturated rings. The van der Waals surface area contributed by atoms with Gasteiger partial charge in [-0.15, -0.1) is 0 Å². The van der Waals surface area contributed by atoms with E-state index < -0.39 is 0 Å². The number of fused-ring (bicyclic) bond motifs is 1. The van der Waals surface area contributed by atoms with Crippen molar-refractivity contribution in [3.63, 3.8) is 0 Å². The van der Waals surface area contributed by atoms with Crippen LogP contribution in [0.2, 0.25) is 0 Å². The Morgan fingerprint density at radius 1 is 1.26 bits per heavy atom. The van der Waals surface area contributed by atoms with Crippen molar-refractivity contribution in [3.05, 3.63) is 17.6 Å². The summed E-state index contributed by atoms with van der Waals surface area (Å²) in [6.45, 7) is 5.51. The Kier molecular flexibility index (Phi) is 3.97. The van der Waals surface area contributed by atoms with Crippen LogP contribution < -0.4 is 10.2 Å². The maximum absolute atomic E-state index is 4.59. The normalized spacial score (nSPS) is 22.3. The van der Waals surface area contributed by atoms with Gasteiger partial charge in [0.1, 0.15) is 12.1 Å². The van der Waals surface area contributed by atoms with E-state index >= 15 is 0 Å². The SMILES string of the molecule is CCN(CC1CCCN1)c1ncnc2c1CCCC2. The molecule has 1 aliphatic heterocycles. The third-order valence-electron chi connectivity index (χ3n) is 4.39. The summed E-state index contributed by atoms with van der Waals surface area (Å²) in [4.78, 5) is 11.5. The van der Waals surface area contributed by atoms with Crippen molar-refractivity contribution >= 4 is 5.82 Å². The molecule has 0 radical (unpaired) electrons. The standard InChI is InChI=1S/C15H24N4/c1-2-19(10-12-6-5-9-16-12)15-13-7-3-4-8-14(13)17-11-18-15/h11-12,16H,2-10H2,1H3. The van der Waals surface area contributed by atoms with Crippen LogP contribution in [0.4, 0.5) is 5.82 Å². The highest BCUT2D eigenvalue weighted by atomic mass is 15.2. The predicted octanol–water partition coefficient (Wildman–Crippen LogP) is 1.93. The van der Waals surface area contributed by atoms with Crippen molar-refractivity contribution < 1.29 is 0 Å². The van der Waals surface area contributed by atoms with Gasteiger partial charge < -0.3 is 10.2 Å². The lowest BCUT2D eigenvalue weighted by atomic mass is 9.96. The highest BCUT2D eigenvalue weighted by molar-refractivity contribution is 5.49. The van der Waals surface area contributed by atoms with Gasteiger partial charge in [0.05, 0.1) is 0 Å². The Hall–Kier alpha value is -1.16. The predicted molar refractivity (Wildman–Crippen MR) is 77.6 cm³/mol. The molecule has 1 N–H and O–H groups in total. The van der Waals surface area contributed by atoms with E-state index in [0.29, 0.717) is 6.04 Å². The van der Waals surface area contributed by atoms with Gasteiger partial charge in [0.25, 0.3) is 0 Å². The van der Waals surface area contributed by atoms with Gasteiger partial charge in [0.15, 0.2) is 0 Å². The minimum absolute atomic E-state index is 0.633. The van der Waals surface area contributed by atoms with E-state index in [1.807, 2.05) is 0 Å². The van der Waals surface area contributed by atoms with E-state index in [4.69, 9.17) is 0 Å². The molecular weight excluding hydrogens is 236 g/mol. The molecule has 0 aromatic carbocycles. The summed E-state index contributed by atoms with van der Waals surface area (Å²) >= 11 is 0. The second-order valence-electron chi connectivity index (χ2n) is 5.66. The van der Waals surface area contributed by atoms with Gasteiger partial charge in [-0.3, -0.25) is 0 Å². The van der Waals surface area contributed by atoms with Crippen LogP contribution in [0.25, 0.3) is 0 Å². The maximum atomic E-state index is 4.59. The first-order valence-electron chi connectivity index (χ1n) is 7.69. The molecule has 4 heteroatoms. The number of nitrogens with one attached hydrogen (secondary N) is 1. The minimum atomic E-state index is 0.633. The van der Waals surface area contributed by atoms with Crippen LogP contribution in [0.1, 0.15) is 43.9 Å². The fraction of sp³-hybridized carbons (Fsp3) is 0.733. The van der Waals surface area contributed by atoms with Gasteiger partial charge in [0, 0.05) is 30.4 Å². The molecule has 1 saturated heterocycles. The number of hydrogen-bond acceptors (Lipinski definition) is 4. The number of likely N-dealkylation sites (N-methyl/N-ethyl adjacent to an activating group) is 1. The average molecular weight is 260 g/mol. The Labute approximate surface area is 115 Å². The number of nitrogens with zero attached hydrogens (tertiary/aromatic N) is 3. The Morgan fingerprint density at radius 2 is 2.16 bits per heavy atom. The van der Waals surface area contributed by atoms with Gasteiger partial charge in [-0.1, -0.05) is 0 Å². The number of hydrogen-bond donors (Lipinski definition) is 1. The van der Waals surface area contributed by atoms with Crippen LogP contribution in [-0.2, 0) is 12.8 Å². The Morgan fingerprint density at radius 3 is 2.95 bits per heavy atom. The lowest BCUT2D eigenvalue weighted by Crippen LogP contribution is -2.38. The summed E-state index contributed by atoms with van der Waals surface area (Å²) in [5.74, 6) is 1.20. The Bertz CT molecular complexity index is 426. The van der Waals surface area contributed by atoms with Gasteiger partial charge in [-0.05, 0) is 52.0 Å². The van der Waals surface area contributed by atoms with Gasteiger partial charge in [0.2, 0.25) is 0 Å². The molecule has 1 unspecified atom stereocenters. The van der Waals surface area contributed by atoms with Gasteiger partial charge in [-0.2, -0.15) is 0 Å². The van der Waals surface area contributed by atoms with Crippen molar-refractivity contribution in [1.82, 2.24) is 15.3 Å². The van der Waals surface area contributed by atoms with E-state index in [2.05, 4.69) is 27.1 Å². The summed E-state index contributed by atoms with van der Waals surface area (Å²) in [6.07, 6.45) is 9.20. The Balaban J connectivity index is 1.81. The van der Waals surface area contributed by atoms with Crippen molar-refractivity contribution in [2.45, 2.75) is 51.5 Å². The van der Waals surface area contributed by atoms with E-state index in [1.54, 1.807) is 6.33 Å². The van der Waals surface area contributed by atoms with Crippen LogP contribution in [0.15, 0.2) is 6.33 Å². The smallest absolute Gasteiger partial charge is 0.135 e. The summed E-state index contributed by atoms with van der Waals surface area (Å²) in [6, 6.07) is 0.633. The lowest BCUT2D eigenvalue weighted by molar-refractivity contribution is 0.577. The minimum Gasteiger partial charge on any atom is -0.355 e. The molecule has 19 heavy (non-hydrogen) atoms. The molecule has 1 aromatic rings. The third-order valence-corrected chi connectivity index (χ3v) is 4.39. The maximum Gasteiger partial charge on any atom is 0.135 e. The first-order valence-corrected chi connectivity index (χ1v) is 7.69.